The summed E-state index contributed by atoms with van der Waals surface area (Å²) in [7, 11) is 0. The van der Waals surface area contributed by atoms with Crippen LogP contribution in [0.4, 0.5) is 4.39 Å². The van der Waals surface area contributed by atoms with Gasteiger partial charge in [-0.1, -0.05) is 18.2 Å². The van der Waals surface area contributed by atoms with Crippen LogP contribution >= 0.6 is 11.3 Å². The van der Waals surface area contributed by atoms with Crippen molar-refractivity contribution in [1.29, 1.82) is 0 Å². The number of aromatic nitrogens is 1. The predicted molar refractivity (Wildman–Crippen MR) is 81.0 cm³/mol. The van der Waals surface area contributed by atoms with E-state index in [4.69, 9.17) is 4.74 Å². The zero-order valence-corrected chi connectivity index (χ0v) is 12.2. The Kier molecular flexibility index (Phi) is 3.86. The summed E-state index contributed by atoms with van der Waals surface area (Å²) >= 11 is 1.53. The molecule has 3 rings (SSSR count). The molecule has 1 heterocycles. The Hall–Kier alpha value is -1.98. The molecule has 0 bridgehead atoms. The first-order chi connectivity index (χ1) is 10.1. The number of thiazole rings is 1. The van der Waals surface area contributed by atoms with Gasteiger partial charge in [0.15, 0.2) is 11.6 Å². The molecule has 108 valence electrons. The van der Waals surface area contributed by atoms with Crippen molar-refractivity contribution < 1.29 is 14.2 Å². The largest absolute Gasteiger partial charge is 0.483 e. The van der Waals surface area contributed by atoms with Gasteiger partial charge < -0.3 is 9.84 Å². The Balaban J connectivity index is 1.75. The molecule has 3 aromatic rings. The van der Waals surface area contributed by atoms with E-state index in [0.29, 0.717) is 5.56 Å². The fraction of sp³-hybridized carbons (Fsp3) is 0.188. The van der Waals surface area contributed by atoms with Gasteiger partial charge >= 0.3 is 0 Å². The van der Waals surface area contributed by atoms with E-state index in [1.165, 1.54) is 23.5 Å². The number of para-hydroxylation sites is 1. The van der Waals surface area contributed by atoms with Crippen molar-refractivity contribution in [2.75, 3.05) is 0 Å². The first-order valence-electron chi connectivity index (χ1n) is 6.58. The minimum Gasteiger partial charge on any atom is -0.483 e. The fourth-order valence-corrected chi connectivity index (χ4v) is 2.90. The SMILES string of the molecule is C[C@@H](O)c1ccc(OCc2nc3ccccc3s2)c(F)c1. The number of hydrogen-bond donors (Lipinski definition) is 1. The molecule has 0 fully saturated rings. The second-order valence-electron chi connectivity index (χ2n) is 4.73. The van der Waals surface area contributed by atoms with Crippen LogP contribution in [-0.2, 0) is 6.61 Å². The molecule has 0 amide bonds. The van der Waals surface area contributed by atoms with Gasteiger partial charge in [0, 0.05) is 0 Å². The van der Waals surface area contributed by atoms with Crippen LogP contribution in [0.25, 0.3) is 10.2 Å². The quantitative estimate of drug-likeness (QED) is 0.790. The standard InChI is InChI=1S/C16H14FNO2S/c1-10(19)11-6-7-14(12(17)8-11)20-9-16-18-13-4-2-3-5-15(13)21-16/h2-8,10,19H,9H2,1H3/t10-/m1/s1. The number of fused-ring (bicyclic) bond motifs is 1. The molecule has 0 saturated heterocycles. The lowest BCUT2D eigenvalue weighted by Gasteiger charge is -2.08. The maximum atomic E-state index is 13.9. The summed E-state index contributed by atoms with van der Waals surface area (Å²) in [5.74, 6) is -0.312. The highest BCUT2D eigenvalue weighted by atomic mass is 32.1. The molecule has 3 nitrogen and oxygen atoms in total. The van der Waals surface area contributed by atoms with Crippen molar-refractivity contribution in [3.05, 3.63) is 58.9 Å². The van der Waals surface area contributed by atoms with Crippen molar-refractivity contribution >= 4 is 21.6 Å². The van der Waals surface area contributed by atoms with Crippen LogP contribution in [0.5, 0.6) is 5.75 Å². The Morgan fingerprint density at radius 3 is 2.81 bits per heavy atom. The molecule has 2 aromatic carbocycles. The van der Waals surface area contributed by atoms with Crippen molar-refractivity contribution in [2.45, 2.75) is 19.6 Å². The molecule has 0 aliphatic heterocycles. The number of halogens is 1. The van der Waals surface area contributed by atoms with E-state index in [0.717, 1.165) is 15.2 Å². The number of rotatable bonds is 4. The molecule has 21 heavy (non-hydrogen) atoms. The maximum absolute atomic E-state index is 13.9. The van der Waals surface area contributed by atoms with E-state index in [-0.39, 0.29) is 12.4 Å². The summed E-state index contributed by atoms with van der Waals surface area (Å²) in [6.45, 7) is 1.82. The van der Waals surface area contributed by atoms with Gasteiger partial charge in [0.1, 0.15) is 11.6 Å². The van der Waals surface area contributed by atoms with E-state index in [1.807, 2.05) is 24.3 Å². The lowest BCUT2D eigenvalue weighted by atomic mass is 10.1. The summed E-state index contributed by atoms with van der Waals surface area (Å²) < 4.78 is 20.4. The van der Waals surface area contributed by atoms with E-state index in [2.05, 4.69) is 4.98 Å². The number of benzene rings is 2. The van der Waals surface area contributed by atoms with E-state index in [1.54, 1.807) is 13.0 Å². The molecule has 1 atom stereocenters. The minimum atomic E-state index is -0.696. The fourth-order valence-electron chi connectivity index (χ4n) is 2.02. The molecule has 0 aliphatic rings. The van der Waals surface area contributed by atoms with Crippen LogP contribution < -0.4 is 4.74 Å². The highest BCUT2D eigenvalue weighted by molar-refractivity contribution is 7.18. The summed E-state index contributed by atoms with van der Waals surface area (Å²) in [5, 5.41) is 10.2. The van der Waals surface area contributed by atoms with Crippen LogP contribution in [-0.4, -0.2) is 10.1 Å². The molecule has 1 aromatic heterocycles. The van der Waals surface area contributed by atoms with Crippen LogP contribution in [0.3, 0.4) is 0 Å². The van der Waals surface area contributed by atoms with Gasteiger partial charge in [0.05, 0.1) is 16.3 Å². The maximum Gasteiger partial charge on any atom is 0.165 e. The molecular formula is C16H14FNO2S. The number of aliphatic hydroxyl groups is 1. The predicted octanol–water partition coefficient (Wildman–Crippen LogP) is 4.07. The normalized spacial score (nSPS) is 12.5. The zero-order chi connectivity index (χ0) is 14.8. The summed E-state index contributed by atoms with van der Waals surface area (Å²) in [6.07, 6.45) is -0.696. The number of aliphatic hydroxyl groups excluding tert-OH is 1. The van der Waals surface area contributed by atoms with Crippen LogP contribution in [0, 0.1) is 5.82 Å². The third-order valence-corrected chi connectivity index (χ3v) is 4.14. The Morgan fingerprint density at radius 1 is 1.29 bits per heavy atom. The van der Waals surface area contributed by atoms with E-state index in [9.17, 15) is 9.50 Å². The van der Waals surface area contributed by atoms with E-state index < -0.39 is 11.9 Å². The second-order valence-corrected chi connectivity index (χ2v) is 5.85. The third kappa shape index (κ3) is 3.04. The first kappa shape index (κ1) is 14.0. The Morgan fingerprint density at radius 2 is 2.10 bits per heavy atom. The lowest BCUT2D eigenvalue weighted by Crippen LogP contribution is -1.99. The van der Waals surface area contributed by atoms with Crippen molar-refractivity contribution in [3.63, 3.8) is 0 Å². The third-order valence-electron chi connectivity index (χ3n) is 3.13. The van der Waals surface area contributed by atoms with Crippen molar-refractivity contribution in [3.8, 4) is 5.75 Å². The van der Waals surface area contributed by atoms with Crippen molar-refractivity contribution in [1.82, 2.24) is 4.98 Å². The first-order valence-corrected chi connectivity index (χ1v) is 7.40. The molecule has 0 unspecified atom stereocenters. The topological polar surface area (TPSA) is 42.4 Å². The van der Waals surface area contributed by atoms with Gasteiger partial charge in [-0.3, -0.25) is 0 Å². The molecule has 0 saturated carbocycles. The molecule has 0 aliphatic carbocycles. The van der Waals surface area contributed by atoms with Crippen LogP contribution in [0.1, 0.15) is 23.6 Å². The number of hydrogen-bond acceptors (Lipinski definition) is 4. The highest BCUT2D eigenvalue weighted by Gasteiger charge is 2.09. The van der Waals surface area contributed by atoms with Gasteiger partial charge in [-0.2, -0.15) is 0 Å². The van der Waals surface area contributed by atoms with Gasteiger partial charge in [-0.25, -0.2) is 9.37 Å². The smallest absolute Gasteiger partial charge is 0.165 e. The lowest BCUT2D eigenvalue weighted by molar-refractivity contribution is 0.198. The summed E-state index contributed by atoms with van der Waals surface area (Å²) in [5.41, 5.74) is 1.45. The molecular weight excluding hydrogens is 289 g/mol. The van der Waals surface area contributed by atoms with Gasteiger partial charge in [-0.15, -0.1) is 11.3 Å². The molecule has 0 spiro atoms. The zero-order valence-electron chi connectivity index (χ0n) is 11.4. The number of ether oxygens (including phenoxy) is 1. The average Bonchev–Trinajstić information content (AvgIpc) is 2.88. The van der Waals surface area contributed by atoms with Gasteiger partial charge in [0.25, 0.3) is 0 Å². The molecule has 5 heteroatoms. The molecule has 1 N–H and O–H groups in total. The van der Waals surface area contributed by atoms with Gasteiger partial charge in [-0.05, 0) is 36.8 Å². The number of nitrogens with zero attached hydrogens (tertiary/aromatic N) is 1. The monoisotopic (exact) mass is 303 g/mol. The second kappa shape index (κ2) is 5.79. The van der Waals surface area contributed by atoms with Crippen molar-refractivity contribution in [2.24, 2.45) is 0 Å². The highest BCUT2D eigenvalue weighted by Crippen LogP contribution is 2.25. The summed E-state index contributed by atoms with van der Waals surface area (Å²) in [4.78, 5) is 4.43. The summed E-state index contributed by atoms with van der Waals surface area (Å²) in [6, 6.07) is 12.3. The van der Waals surface area contributed by atoms with E-state index >= 15 is 0 Å². The average molecular weight is 303 g/mol. The van der Waals surface area contributed by atoms with Gasteiger partial charge in [0.2, 0.25) is 0 Å². The Labute approximate surface area is 125 Å². The molecule has 0 radical (unpaired) electrons. The van der Waals surface area contributed by atoms with Crippen LogP contribution in [0.15, 0.2) is 42.5 Å². The van der Waals surface area contributed by atoms with Crippen LogP contribution in [0.2, 0.25) is 0 Å². The minimum absolute atomic E-state index is 0.165. The Bertz CT molecular complexity index is 737.